The normalized spacial score (nSPS) is 27.7. The van der Waals surface area contributed by atoms with Gasteiger partial charge in [0.25, 0.3) is 0 Å². The number of nitrogens with two attached hydrogens (primary N) is 1. The number of ether oxygens (including phenoxy) is 1. The average Bonchev–Trinajstić information content (AvgIpc) is 2.60. The summed E-state index contributed by atoms with van der Waals surface area (Å²) in [5.41, 5.74) is 6.60. The summed E-state index contributed by atoms with van der Waals surface area (Å²) in [5, 5.41) is 9.89. The lowest BCUT2D eigenvalue weighted by molar-refractivity contribution is -0.195. The fourth-order valence-corrected chi connectivity index (χ4v) is 6.80. The lowest BCUT2D eigenvalue weighted by atomic mass is 9.93. The van der Waals surface area contributed by atoms with Crippen LogP contribution in [0.25, 0.3) is 0 Å². The number of aliphatic carboxylic acids is 1. The van der Waals surface area contributed by atoms with Crippen LogP contribution in [0.4, 0.5) is 0 Å². The van der Waals surface area contributed by atoms with Crippen molar-refractivity contribution in [3.63, 3.8) is 0 Å². The monoisotopic (exact) mass is 549 g/mol. The predicted octanol–water partition coefficient (Wildman–Crippen LogP) is 5.97. The molecule has 35 heavy (non-hydrogen) atoms. The second kappa shape index (κ2) is 10.6. The largest absolute Gasteiger partial charge is 0.479 e. The van der Waals surface area contributed by atoms with Gasteiger partial charge in [0.05, 0.1) is 24.9 Å². The SMILES string of the molecule is CC(C)(C)[Si](C)(C)OC[C@H]1O[C@@H](C(=O)O)[C@H](N)[C@@H](O[Si](C)(C)C(C)(C)C)[C@@H]1O[Si](C)(C)C(C)(C)C. The van der Waals surface area contributed by atoms with Crippen LogP contribution in [0.15, 0.2) is 0 Å². The van der Waals surface area contributed by atoms with Gasteiger partial charge in [0, 0.05) is 0 Å². The van der Waals surface area contributed by atoms with Gasteiger partial charge in [-0.15, -0.1) is 0 Å². The molecule has 1 aliphatic heterocycles. The lowest BCUT2D eigenvalue weighted by Gasteiger charge is -2.52. The van der Waals surface area contributed by atoms with Gasteiger partial charge in [0.1, 0.15) is 6.10 Å². The Labute approximate surface area is 218 Å². The molecule has 5 atom stereocenters. The van der Waals surface area contributed by atoms with Crippen LogP contribution in [0.1, 0.15) is 62.3 Å². The molecular weight excluding hydrogens is 495 g/mol. The fraction of sp³-hybridized carbons (Fsp3) is 0.960. The molecule has 0 saturated carbocycles. The maximum atomic E-state index is 12.2. The van der Waals surface area contributed by atoms with E-state index in [9.17, 15) is 9.90 Å². The van der Waals surface area contributed by atoms with Crippen LogP contribution in [0, 0.1) is 0 Å². The summed E-state index contributed by atoms with van der Waals surface area (Å²) in [6, 6.07) is -0.847. The lowest BCUT2D eigenvalue weighted by Crippen LogP contribution is -2.69. The molecule has 0 amide bonds. The van der Waals surface area contributed by atoms with Crippen LogP contribution in [-0.2, 0) is 22.8 Å². The molecule has 208 valence electrons. The maximum Gasteiger partial charge on any atom is 0.334 e. The number of hydrogen-bond acceptors (Lipinski definition) is 6. The zero-order valence-electron chi connectivity index (χ0n) is 25.2. The van der Waals surface area contributed by atoms with Crippen LogP contribution in [0.3, 0.4) is 0 Å². The van der Waals surface area contributed by atoms with E-state index in [4.69, 9.17) is 23.7 Å². The Kier molecular flexibility index (Phi) is 9.97. The number of hydrogen-bond donors (Lipinski definition) is 2. The van der Waals surface area contributed by atoms with Crippen molar-refractivity contribution >= 4 is 30.9 Å². The van der Waals surface area contributed by atoms with Crippen molar-refractivity contribution < 1.29 is 27.9 Å². The molecule has 0 bridgehead atoms. The van der Waals surface area contributed by atoms with Gasteiger partial charge < -0.3 is 28.9 Å². The van der Waals surface area contributed by atoms with E-state index in [-0.39, 0.29) is 21.7 Å². The number of carboxylic acid groups (broad SMARTS) is 1. The minimum atomic E-state index is -2.31. The molecule has 3 N–H and O–H groups in total. The average molecular weight is 550 g/mol. The van der Waals surface area contributed by atoms with Crippen molar-refractivity contribution in [3.05, 3.63) is 0 Å². The Morgan fingerprint density at radius 2 is 1.14 bits per heavy atom. The molecule has 1 saturated heterocycles. The van der Waals surface area contributed by atoms with Crippen LogP contribution in [0.2, 0.25) is 54.4 Å². The summed E-state index contributed by atoms with van der Waals surface area (Å²) in [6.07, 6.45) is -2.89. The minimum absolute atomic E-state index is 0.0110. The van der Waals surface area contributed by atoms with E-state index in [1.807, 2.05) is 0 Å². The van der Waals surface area contributed by atoms with E-state index in [0.29, 0.717) is 0 Å². The first-order valence-corrected chi connectivity index (χ1v) is 21.6. The molecule has 1 rings (SSSR count). The van der Waals surface area contributed by atoms with Crippen molar-refractivity contribution in [1.29, 1.82) is 0 Å². The second-order valence-corrected chi connectivity index (χ2v) is 29.1. The molecule has 1 aliphatic rings. The van der Waals surface area contributed by atoms with Crippen molar-refractivity contribution in [2.45, 2.75) is 147 Å². The molecule has 0 unspecified atom stereocenters. The molecule has 0 aromatic rings. The van der Waals surface area contributed by atoms with Gasteiger partial charge in [-0.3, -0.25) is 0 Å². The first-order valence-electron chi connectivity index (χ1n) is 12.9. The molecule has 7 nitrogen and oxygen atoms in total. The molecule has 0 radical (unpaired) electrons. The quantitative estimate of drug-likeness (QED) is 0.360. The predicted molar refractivity (Wildman–Crippen MR) is 152 cm³/mol. The fourth-order valence-electron chi connectivity index (χ4n) is 3.15. The Balaban J connectivity index is 3.55. The van der Waals surface area contributed by atoms with E-state index in [0.717, 1.165) is 0 Å². The van der Waals surface area contributed by atoms with Crippen molar-refractivity contribution in [2.75, 3.05) is 6.61 Å². The van der Waals surface area contributed by atoms with Crippen molar-refractivity contribution in [1.82, 2.24) is 0 Å². The maximum absolute atomic E-state index is 12.2. The highest BCUT2D eigenvalue weighted by Crippen LogP contribution is 2.43. The molecule has 10 heteroatoms. The second-order valence-electron chi connectivity index (χ2n) is 14.8. The van der Waals surface area contributed by atoms with Crippen molar-refractivity contribution in [2.24, 2.45) is 5.73 Å². The van der Waals surface area contributed by atoms with Gasteiger partial charge in [-0.05, 0) is 54.4 Å². The third kappa shape index (κ3) is 7.72. The summed E-state index contributed by atoms with van der Waals surface area (Å²) in [4.78, 5) is 12.2. The Morgan fingerprint density at radius 1 is 0.771 bits per heavy atom. The van der Waals surface area contributed by atoms with Gasteiger partial charge in [-0.1, -0.05) is 62.3 Å². The molecule has 1 fully saturated rings. The van der Waals surface area contributed by atoms with Gasteiger partial charge in [0.15, 0.2) is 31.1 Å². The van der Waals surface area contributed by atoms with Crippen LogP contribution in [-0.4, -0.2) is 73.1 Å². The van der Waals surface area contributed by atoms with Crippen molar-refractivity contribution in [3.8, 4) is 0 Å². The van der Waals surface area contributed by atoms with Crippen LogP contribution >= 0.6 is 0 Å². The smallest absolute Gasteiger partial charge is 0.334 e. The van der Waals surface area contributed by atoms with Crippen LogP contribution in [0.5, 0.6) is 0 Å². The zero-order valence-corrected chi connectivity index (χ0v) is 28.2. The number of carboxylic acids is 1. The van der Waals surface area contributed by atoms with E-state index in [2.05, 4.69) is 102 Å². The van der Waals surface area contributed by atoms with Gasteiger partial charge in [-0.2, -0.15) is 0 Å². The highest BCUT2D eigenvalue weighted by molar-refractivity contribution is 6.75. The van der Waals surface area contributed by atoms with E-state index < -0.39 is 61.4 Å². The van der Waals surface area contributed by atoms with E-state index in [1.165, 1.54) is 0 Å². The first-order chi connectivity index (χ1) is 15.3. The topological polar surface area (TPSA) is 100 Å². The summed E-state index contributed by atoms with van der Waals surface area (Å²) < 4.78 is 26.5. The minimum Gasteiger partial charge on any atom is -0.479 e. The first kappa shape index (κ1) is 32.9. The van der Waals surface area contributed by atoms with E-state index in [1.54, 1.807) is 0 Å². The Morgan fingerprint density at radius 3 is 1.49 bits per heavy atom. The third-order valence-electron chi connectivity index (χ3n) is 8.87. The highest BCUT2D eigenvalue weighted by atomic mass is 28.4. The zero-order chi connectivity index (χ0) is 28.0. The standard InChI is InChI=1S/C25H55NO6Si3/c1-23(2,3)33(10,11)29-16-17-19(31-34(12,13)24(4,5)6)20(18(26)21(30-17)22(27)28)32-35(14,15)25(7,8)9/h17-21H,16,26H2,1-15H3,(H,27,28)/t17-,18-,19-,20-,21-/m1/s1. The third-order valence-corrected chi connectivity index (χ3v) is 22.3. The van der Waals surface area contributed by atoms with Gasteiger partial charge >= 0.3 is 5.97 Å². The van der Waals surface area contributed by atoms with Gasteiger partial charge in [0.2, 0.25) is 0 Å². The van der Waals surface area contributed by atoms with E-state index >= 15 is 0 Å². The molecule has 0 aliphatic carbocycles. The molecule has 1 heterocycles. The Bertz CT molecular complexity index is 737. The Hall–Kier alpha value is -0.0794. The molecule has 0 aromatic heterocycles. The molecule has 0 spiro atoms. The summed E-state index contributed by atoms with van der Waals surface area (Å²) in [7, 11) is -6.70. The summed E-state index contributed by atoms with van der Waals surface area (Å²) in [5.74, 6) is -1.08. The number of carbonyl (C=O) groups is 1. The summed E-state index contributed by atoms with van der Waals surface area (Å²) in [6.45, 7) is 32.9. The highest BCUT2D eigenvalue weighted by Gasteiger charge is 2.54. The molecule has 0 aromatic carbocycles. The summed E-state index contributed by atoms with van der Waals surface area (Å²) >= 11 is 0. The number of rotatable bonds is 8. The van der Waals surface area contributed by atoms with Crippen LogP contribution < -0.4 is 5.73 Å². The van der Waals surface area contributed by atoms with Gasteiger partial charge in [-0.25, -0.2) is 4.79 Å². The molecular formula is C25H55NO6Si3.